The van der Waals surface area contributed by atoms with Crippen LogP contribution >= 0.6 is 0 Å². The maximum Gasteiger partial charge on any atom is 0.194 e. The Labute approximate surface area is 87.3 Å². The summed E-state index contributed by atoms with van der Waals surface area (Å²) in [6.45, 7) is 0. The first-order valence-electron chi connectivity index (χ1n) is 5.04. The normalized spacial score (nSPS) is 19.3. The third-order valence-electron chi connectivity index (χ3n) is 3.11. The summed E-state index contributed by atoms with van der Waals surface area (Å²) in [5, 5.41) is 18.4. The van der Waals surface area contributed by atoms with E-state index in [1.54, 1.807) is 0 Å². The fourth-order valence-corrected chi connectivity index (χ4v) is 2.17. The maximum absolute atomic E-state index is 13.2. The number of rotatable bonds is 1. The number of aromatic hydroxyl groups is 2. The molecule has 1 aliphatic carbocycles. The lowest BCUT2D eigenvalue weighted by molar-refractivity contribution is 0.372. The van der Waals surface area contributed by atoms with Crippen LogP contribution in [-0.4, -0.2) is 10.2 Å². The molecule has 0 aromatic heterocycles. The molecule has 0 saturated heterocycles. The Balaban J connectivity index is 2.45. The van der Waals surface area contributed by atoms with Crippen molar-refractivity contribution < 1.29 is 14.6 Å². The quantitative estimate of drug-likeness (QED) is 0.622. The van der Waals surface area contributed by atoms with Gasteiger partial charge in [-0.15, -0.1) is 0 Å². The van der Waals surface area contributed by atoms with E-state index in [2.05, 4.69) is 0 Å². The second-order valence-corrected chi connectivity index (χ2v) is 4.19. The predicted molar refractivity (Wildman–Crippen MR) is 54.1 cm³/mol. The minimum Gasteiger partial charge on any atom is -0.504 e. The fraction of sp³-hybridized carbons (Fsp3) is 0.455. The number of phenols is 2. The standard InChI is InChI=1S/C11H14FNO2/c12-8-5-7(6-9(14)10(8)15)11(13)3-1-2-4-11/h5-6,14-15H,1-4,13H2. The van der Waals surface area contributed by atoms with Gasteiger partial charge in [0.1, 0.15) is 0 Å². The second-order valence-electron chi connectivity index (χ2n) is 4.19. The van der Waals surface area contributed by atoms with Gasteiger partial charge in [-0.2, -0.15) is 0 Å². The van der Waals surface area contributed by atoms with Crippen molar-refractivity contribution in [2.24, 2.45) is 5.73 Å². The summed E-state index contributed by atoms with van der Waals surface area (Å²) in [6, 6.07) is 2.56. The van der Waals surface area contributed by atoms with Crippen LogP contribution in [0.4, 0.5) is 4.39 Å². The van der Waals surface area contributed by atoms with Crippen LogP contribution in [-0.2, 0) is 5.54 Å². The smallest absolute Gasteiger partial charge is 0.194 e. The molecule has 1 aliphatic rings. The van der Waals surface area contributed by atoms with Crippen LogP contribution in [0.1, 0.15) is 31.2 Å². The Hall–Kier alpha value is -1.29. The molecule has 1 aromatic rings. The van der Waals surface area contributed by atoms with E-state index in [4.69, 9.17) is 10.8 Å². The Kier molecular flexibility index (Phi) is 2.31. The zero-order valence-corrected chi connectivity index (χ0v) is 8.33. The summed E-state index contributed by atoms with van der Waals surface area (Å²) in [5.74, 6) is -1.97. The number of halogens is 1. The van der Waals surface area contributed by atoms with Gasteiger partial charge in [0.2, 0.25) is 0 Å². The van der Waals surface area contributed by atoms with Gasteiger partial charge in [-0.05, 0) is 30.5 Å². The van der Waals surface area contributed by atoms with Crippen molar-refractivity contribution >= 4 is 0 Å². The van der Waals surface area contributed by atoms with Gasteiger partial charge < -0.3 is 15.9 Å². The molecule has 1 fully saturated rings. The average Bonchev–Trinajstić information content (AvgIpc) is 2.62. The first-order chi connectivity index (χ1) is 7.03. The van der Waals surface area contributed by atoms with Crippen LogP contribution in [0.5, 0.6) is 11.5 Å². The third kappa shape index (κ3) is 1.65. The molecule has 0 atom stereocenters. The van der Waals surface area contributed by atoms with E-state index in [0.29, 0.717) is 5.56 Å². The molecular formula is C11H14FNO2. The van der Waals surface area contributed by atoms with Gasteiger partial charge in [-0.3, -0.25) is 0 Å². The van der Waals surface area contributed by atoms with Gasteiger partial charge in [-0.1, -0.05) is 12.8 Å². The molecule has 0 heterocycles. The maximum atomic E-state index is 13.2. The van der Waals surface area contributed by atoms with Crippen molar-refractivity contribution in [3.8, 4) is 11.5 Å². The first kappa shape index (κ1) is 10.2. The molecule has 4 heteroatoms. The van der Waals surface area contributed by atoms with E-state index >= 15 is 0 Å². The molecule has 2 rings (SSSR count). The lowest BCUT2D eigenvalue weighted by Crippen LogP contribution is -2.33. The van der Waals surface area contributed by atoms with Gasteiger partial charge >= 0.3 is 0 Å². The van der Waals surface area contributed by atoms with Crippen molar-refractivity contribution in [1.29, 1.82) is 0 Å². The number of nitrogens with two attached hydrogens (primary N) is 1. The average molecular weight is 211 g/mol. The highest BCUT2D eigenvalue weighted by Gasteiger charge is 2.32. The molecule has 4 N–H and O–H groups in total. The molecule has 0 unspecified atom stereocenters. The number of benzene rings is 1. The Morgan fingerprint density at radius 1 is 1.20 bits per heavy atom. The summed E-state index contributed by atoms with van der Waals surface area (Å²) in [6.07, 6.45) is 3.60. The van der Waals surface area contributed by atoms with E-state index in [9.17, 15) is 9.50 Å². The number of phenolic OH excluding ortho intramolecular Hbond substituents is 2. The van der Waals surface area contributed by atoms with Crippen LogP contribution in [0.3, 0.4) is 0 Å². The topological polar surface area (TPSA) is 66.5 Å². The molecule has 1 saturated carbocycles. The molecule has 15 heavy (non-hydrogen) atoms. The van der Waals surface area contributed by atoms with Crippen molar-refractivity contribution in [1.82, 2.24) is 0 Å². The summed E-state index contributed by atoms with van der Waals surface area (Å²) < 4.78 is 13.2. The van der Waals surface area contributed by atoms with Gasteiger partial charge in [0.05, 0.1) is 0 Å². The first-order valence-corrected chi connectivity index (χ1v) is 5.04. The monoisotopic (exact) mass is 211 g/mol. The Morgan fingerprint density at radius 3 is 2.33 bits per heavy atom. The fourth-order valence-electron chi connectivity index (χ4n) is 2.17. The van der Waals surface area contributed by atoms with Crippen LogP contribution in [0, 0.1) is 5.82 Å². The summed E-state index contributed by atoms with van der Waals surface area (Å²) in [7, 11) is 0. The van der Waals surface area contributed by atoms with Crippen molar-refractivity contribution in [3.05, 3.63) is 23.5 Å². The largest absolute Gasteiger partial charge is 0.504 e. The highest BCUT2D eigenvalue weighted by atomic mass is 19.1. The molecule has 82 valence electrons. The highest BCUT2D eigenvalue weighted by Crippen LogP contribution is 2.40. The molecule has 0 aliphatic heterocycles. The second kappa shape index (κ2) is 3.38. The summed E-state index contributed by atoms with van der Waals surface area (Å²) >= 11 is 0. The van der Waals surface area contributed by atoms with Crippen molar-refractivity contribution in [3.63, 3.8) is 0 Å². The van der Waals surface area contributed by atoms with E-state index in [1.165, 1.54) is 12.1 Å². The van der Waals surface area contributed by atoms with E-state index in [0.717, 1.165) is 25.7 Å². The minimum atomic E-state index is -0.818. The zero-order valence-electron chi connectivity index (χ0n) is 8.33. The van der Waals surface area contributed by atoms with E-state index < -0.39 is 22.9 Å². The summed E-state index contributed by atoms with van der Waals surface area (Å²) in [5.41, 5.74) is 6.12. The van der Waals surface area contributed by atoms with E-state index in [1.807, 2.05) is 0 Å². The van der Waals surface area contributed by atoms with E-state index in [-0.39, 0.29) is 0 Å². The summed E-state index contributed by atoms with van der Waals surface area (Å²) in [4.78, 5) is 0. The molecule has 0 amide bonds. The molecule has 0 spiro atoms. The minimum absolute atomic E-state index is 0.443. The predicted octanol–water partition coefficient (Wildman–Crippen LogP) is 1.96. The molecule has 1 aromatic carbocycles. The number of hydrogen-bond donors (Lipinski definition) is 3. The van der Waals surface area contributed by atoms with Crippen molar-refractivity contribution in [2.45, 2.75) is 31.2 Å². The third-order valence-corrected chi connectivity index (χ3v) is 3.11. The van der Waals surface area contributed by atoms with Crippen LogP contribution < -0.4 is 5.73 Å². The SMILES string of the molecule is NC1(c2cc(O)c(O)c(F)c2)CCCC1. The Bertz CT molecular complexity index is 363. The highest BCUT2D eigenvalue weighted by molar-refractivity contribution is 5.44. The zero-order chi connectivity index (χ0) is 11.1. The van der Waals surface area contributed by atoms with Crippen molar-refractivity contribution in [2.75, 3.05) is 0 Å². The van der Waals surface area contributed by atoms with Crippen LogP contribution in [0.15, 0.2) is 12.1 Å². The molecule has 0 bridgehead atoms. The van der Waals surface area contributed by atoms with Gasteiger partial charge in [0, 0.05) is 5.54 Å². The van der Waals surface area contributed by atoms with Crippen LogP contribution in [0.2, 0.25) is 0 Å². The lowest BCUT2D eigenvalue weighted by Gasteiger charge is -2.24. The molecule has 3 nitrogen and oxygen atoms in total. The van der Waals surface area contributed by atoms with Gasteiger partial charge in [0.25, 0.3) is 0 Å². The molecular weight excluding hydrogens is 197 g/mol. The van der Waals surface area contributed by atoms with Gasteiger partial charge in [0.15, 0.2) is 17.3 Å². The van der Waals surface area contributed by atoms with Crippen LogP contribution in [0.25, 0.3) is 0 Å². The number of hydrogen-bond acceptors (Lipinski definition) is 3. The lowest BCUT2D eigenvalue weighted by atomic mass is 9.89. The van der Waals surface area contributed by atoms with Gasteiger partial charge in [-0.25, -0.2) is 4.39 Å². The Morgan fingerprint density at radius 2 is 1.80 bits per heavy atom. The molecule has 0 radical (unpaired) electrons.